The highest BCUT2D eigenvalue weighted by Gasteiger charge is 2.25. The molecule has 0 spiro atoms. The first kappa shape index (κ1) is 21.3. The van der Waals surface area contributed by atoms with Gasteiger partial charge in [-0.2, -0.15) is 4.31 Å². The van der Waals surface area contributed by atoms with Crippen molar-refractivity contribution >= 4 is 44.0 Å². The maximum absolute atomic E-state index is 13.0. The average Bonchev–Trinajstić information content (AvgIpc) is 2.74. The third kappa shape index (κ3) is 4.27. The smallest absolute Gasteiger partial charge is 0.337 e. The van der Waals surface area contributed by atoms with Crippen LogP contribution in [-0.4, -0.2) is 45.3 Å². The normalized spacial score (nSPS) is 11.4. The molecule has 0 fully saturated rings. The number of nitrogens with two attached hydrogens (primary N) is 1. The molecule has 3 aromatic carbocycles. The lowest BCUT2D eigenvalue weighted by molar-refractivity contribution is -0.116. The van der Waals surface area contributed by atoms with Crippen LogP contribution in [0.4, 0.5) is 11.4 Å². The number of nitrogens with one attached hydrogen (secondary N) is 1. The number of carbonyl (C=O) groups excluding carboxylic acids is 2. The number of hydrogen-bond donors (Lipinski definition) is 2. The minimum Gasteiger partial charge on any atom is -0.465 e. The molecule has 0 aliphatic carbocycles. The summed E-state index contributed by atoms with van der Waals surface area (Å²) in [6, 6.07) is 16.4. The van der Waals surface area contributed by atoms with E-state index < -0.39 is 28.4 Å². The molecule has 3 N–H and O–H groups in total. The van der Waals surface area contributed by atoms with Crippen LogP contribution in [-0.2, 0) is 19.6 Å². The quantitative estimate of drug-likeness (QED) is 0.461. The van der Waals surface area contributed by atoms with Gasteiger partial charge < -0.3 is 15.8 Å². The van der Waals surface area contributed by atoms with Crippen molar-refractivity contribution in [3.8, 4) is 0 Å². The topological polar surface area (TPSA) is 119 Å². The number of sulfonamides is 1. The third-order valence-electron chi connectivity index (χ3n) is 4.55. The molecule has 0 atom stereocenters. The number of nitrogens with zero attached hydrogens (tertiary/aromatic N) is 1. The minimum absolute atomic E-state index is 0.123. The standard InChI is InChI=1S/C21H21N3O5S/c1-24(30(27,28)19-9-5-7-14-6-3-4-8-16(14)19)13-20(25)23-18-11-10-15(12-17(18)22)21(26)29-2/h3-12H,13,22H2,1-2H3,(H,23,25). The van der Waals surface area contributed by atoms with E-state index >= 15 is 0 Å². The first-order chi connectivity index (χ1) is 14.2. The maximum atomic E-state index is 13.0. The van der Waals surface area contributed by atoms with Gasteiger partial charge in [0.05, 0.1) is 35.5 Å². The average molecular weight is 427 g/mol. The highest BCUT2D eigenvalue weighted by molar-refractivity contribution is 7.89. The van der Waals surface area contributed by atoms with Crippen molar-refractivity contribution in [3.05, 3.63) is 66.2 Å². The summed E-state index contributed by atoms with van der Waals surface area (Å²) in [5, 5.41) is 3.93. The molecule has 0 heterocycles. The predicted molar refractivity (Wildman–Crippen MR) is 115 cm³/mol. The van der Waals surface area contributed by atoms with Gasteiger partial charge in [-0.3, -0.25) is 4.79 Å². The number of ether oxygens (including phenoxy) is 1. The molecule has 0 unspecified atom stereocenters. The summed E-state index contributed by atoms with van der Waals surface area (Å²) in [5.41, 5.74) is 6.54. The van der Waals surface area contributed by atoms with Gasteiger partial charge >= 0.3 is 5.97 Å². The van der Waals surface area contributed by atoms with Crippen molar-refractivity contribution in [2.24, 2.45) is 0 Å². The summed E-state index contributed by atoms with van der Waals surface area (Å²) >= 11 is 0. The van der Waals surface area contributed by atoms with Crippen molar-refractivity contribution in [1.29, 1.82) is 0 Å². The van der Waals surface area contributed by atoms with Gasteiger partial charge in [0.2, 0.25) is 15.9 Å². The summed E-state index contributed by atoms with van der Waals surface area (Å²) in [6.45, 7) is -0.413. The Labute approximate surface area is 174 Å². The molecule has 1 amide bonds. The number of anilines is 2. The number of amides is 1. The van der Waals surface area contributed by atoms with Crippen LogP contribution in [0.2, 0.25) is 0 Å². The molecular weight excluding hydrogens is 406 g/mol. The van der Waals surface area contributed by atoms with E-state index in [1.54, 1.807) is 18.2 Å². The predicted octanol–water partition coefficient (Wildman–Crippen LogP) is 2.47. The molecule has 0 aromatic heterocycles. The second-order valence-electron chi connectivity index (χ2n) is 6.58. The van der Waals surface area contributed by atoms with E-state index in [9.17, 15) is 18.0 Å². The number of methoxy groups -OCH3 is 1. The van der Waals surface area contributed by atoms with Crippen LogP contribution >= 0.6 is 0 Å². The minimum atomic E-state index is -3.90. The molecule has 0 aliphatic heterocycles. The fourth-order valence-corrected chi connectivity index (χ4v) is 4.32. The summed E-state index contributed by atoms with van der Waals surface area (Å²) < 4.78 is 31.6. The fourth-order valence-electron chi connectivity index (χ4n) is 2.99. The molecule has 30 heavy (non-hydrogen) atoms. The summed E-state index contributed by atoms with van der Waals surface area (Å²) in [5.74, 6) is -1.13. The first-order valence-corrected chi connectivity index (χ1v) is 10.4. The summed E-state index contributed by atoms with van der Waals surface area (Å²) in [6.07, 6.45) is 0. The summed E-state index contributed by atoms with van der Waals surface area (Å²) in [7, 11) is -1.32. The Morgan fingerprint density at radius 1 is 1.07 bits per heavy atom. The number of likely N-dealkylation sites (N-methyl/N-ethyl adjacent to an activating group) is 1. The molecular formula is C21H21N3O5S. The second kappa shape index (κ2) is 8.52. The molecule has 8 nitrogen and oxygen atoms in total. The van der Waals surface area contributed by atoms with Gasteiger partial charge in [-0.05, 0) is 29.7 Å². The van der Waals surface area contributed by atoms with E-state index in [1.807, 2.05) is 18.2 Å². The Kier molecular flexibility index (Phi) is 6.04. The van der Waals surface area contributed by atoms with Crippen LogP contribution in [0.5, 0.6) is 0 Å². The van der Waals surface area contributed by atoms with Crippen molar-refractivity contribution < 1.29 is 22.7 Å². The van der Waals surface area contributed by atoms with Gasteiger partial charge in [0.25, 0.3) is 0 Å². The van der Waals surface area contributed by atoms with Crippen LogP contribution < -0.4 is 11.1 Å². The monoisotopic (exact) mass is 427 g/mol. The lowest BCUT2D eigenvalue weighted by Gasteiger charge is -2.18. The van der Waals surface area contributed by atoms with Crippen molar-refractivity contribution in [1.82, 2.24) is 4.31 Å². The van der Waals surface area contributed by atoms with Crippen LogP contribution in [0.3, 0.4) is 0 Å². The largest absolute Gasteiger partial charge is 0.465 e. The number of hydrogen-bond acceptors (Lipinski definition) is 6. The van der Waals surface area contributed by atoms with Gasteiger partial charge in [0.1, 0.15) is 0 Å². The molecule has 0 saturated carbocycles. The molecule has 156 valence electrons. The molecule has 0 saturated heterocycles. The number of esters is 1. The first-order valence-electron chi connectivity index (χ1n) is 8.96. The Bertz CT molecular complexity index is 1220. The van der Waals surface area contributed by atoms with Crippen LogP contribution in [0.25, 0.3) is 10.8 Å². The molecule has 9 heteroatoms. The zero-order valence-corrected chi connectivity index (χ0v) is 17.3. The number of rotatable bonds is 6. The van der Waals surface area contributed by atoms with E-state index in [-0.39, 0.29) is 21.8 Å². The van der Waals surface area contributed by atoms with Crippen LogP contribution in [0.15, 0.2) is 65.6 Å². The summed E-state index contributed by atoms with van der Waals surface area (Å²) in [4.78, 5) is 24.1. The number of fused-ring (bicyclic) bond motifs is 1. The van der Waals surface area contributed by atoms with Crippen molar-refractivity contribution in [2.75, 3.05) is 31.8 Å². The molecule has 0 bridgehead atoms. The Hall–Kier alpha value is -3.43. The number of benzene rings is 3. The van der Waals surface area contributed by atoms with Crippen LogP contribution in [0, 0.1) is 0 Å². The van der Waals surface area contributed by atoms with Gasteiger partial charge in [-0.15, -0.1) is 0 Å². The van der Waals surface area contributed by atoms with Crippen molar-refractivity contribution in [2.45, 2.75) is 4.90 Å². The Morgan fingerprint density at radius 2 is 1.77 bits per heavy atom. The molecule has 3 aromatic rings. The molecule has 0 aliphatic rings. The van der Waals surface area contributed by atoms with E-state index in [0.29, 0.717) is 5.39 Å². The zero-order chi connectivity index (χ0) is 21.9. The molecule has 3 rings (SSSR count). The van der Waals surface area contributed by atoms with E-state index in [1.165, 1.54) is 38.4 Å². The Balaban J connectivity index is 1.77. The fraction of sp³-hybridized carbons (Fsp3) is 0.143. The lowest BCUT2D eigenvalue weighted by Crippen LogP contribution is -2.35. The lowest BCUT2D eigenvalue weighted by atomic mass is 10.1. The van der Waals surface area contributed by atoms with E-state index in [2.05, 4.69) is 10.1 Å². The number of carbonyl (C=O) groups is 2. The third-order valence-corrected chi connectivity index (χ3v) is 6.41. The second-order valence-corrected chi connectivity index (χ2v) is 8.59. The zero-order valence-electron chi connectivity index (χ0n) is 16.5. The maximum Gasteiger partial charge on any atom is 0.337 e. The van der Waals surface area contributed by atoms with Gasteiger partial charge in [-0.25, -0.2) is 13.2 Å². The highest BCUT2D eigenvalue weighted by atomic mass is 32.2. The van der Waals surface area contributed by atoms with Crippen molar-refractivity contribution in [3.63, 3.8) is 0 Å². The SMILES string of the molecule is COC(=O)c1ccc(NC(=O)CN(C)S(=O)(=O)c2cccc3ccccc23)c(N)c1. The van der Waals surface area contributed by atoms with Crippen LogP contribution in [0.1, 0.15) is 10.4 Å². The molecule has 0 radical (unpaired) electrons. The highest BCUT2D eigenvalue weighted by Crippen LogP contribution is 2.25. The van der Waals surface area contributed by atoms with E-state index in [4.69, 9.17) is 5.73 Å². The van der Waals surface area contributed by atoms with E-state index in [0.717, 1.165) is 9.69 Å². The van der Waals surface area contributed by atoms with Gasteiger partial charge in [-0.1, -0.05) is 36.4 Å². The van der Waals surface area contributed by atoms with Gasteiger partial charge in [0, 0.05) is 12.4 Å². The van der Waals surface area contributed by atoms with Gasteiger partial charge in [0.15, 0.2) is 0 Å². The Morgan fingerprint density at radius 3 is 2.47 bits per heavy atom. The number of nitrogen functional groups attached to an aromatic ring is 1.